The van der Waals surface area contributed by atoms with Gasteiger partial charge in [0.1, 0.15) is 5.69 Å². The third-order valence-corrected chi connectivity index (χ3v) is 1.36. The molecule has 2 heterocycles. The number of H-pyrrole nitrogens is 2. The summed E-state index contributed by atoms with van der Waals surface area (Å²) in [6, 6.07) is 3.26. The lowest BCUT2D eigenvalue weighted by Gasteiger charge is -1.65. The predicted octanol–water partition coefficient (Wildman–Crippen LogP) is 0.695. The van der Waals surface area contributed by atoms with Crippen LogP contribution in [0.15, 0.2) is 30.7 Å². The third kappa shape index (κ3) is 3.06. The number of nitrogens with zero attached hydrogens (tertiary/aromatic N) is 1. The summed E-state index contributed by atoms with van der Waals surface area (Å²) in [6.45, 7) is 0. The highest BCUT2D eigenvalue weighted by molar-refractivity contribution is 5.74. The molecule has 0 aliphatic carbocycles. The van der Waals surface area contributed by atoms with Crippen LogP contribution in [-0.4, -0.2) is 27.8 Å². The molecule has 0 atom stereocenters. The summed E-state index contributed by atoms with van der Waals surface area (Å²) in [6.07, 6.45) is 7.29. The zero-order chi connectivity index (χ0) is 10.2. The number of aldehydes is 1. The van der Waals surface area contributed by atoms with Crippen LogP contribution in [0.3, 0.4) is 0 Å². The molecule has 0 amide bonds. The Hall–Kier alpha value is -2.17. The average molecular weight is 190 g/mol. The second-order valence-electron chi connectivity index (χ2n) is 2.32. The van der Waals surface area contributed by atoms with Crippen molar-refractivity contribution in [2.75, 3.05) is 0 Å². The number of hydrogen-bond acceptors (Lipinski definition) is 3. The molecule has 0 aliphatic heterocycles. The van der Waals surface area contributed by atoms with Gasteiger partial charge in [0.15, 0.2) is 6.29 Å². The lowest BCUT2D eigenvalue weighted by atomic mass is 10.4. The van der Waals surface area contributed by atoms with Crippen molar-refractivity contribution in [3.8, 4) is 0 Å². The molecule has 5 nitrogen and oxygen atoms in total. The molecule has 0 aliphatic rings. The summed E-state index contributed by atoms with van der Waals surface area (Å²) in [7, 11) is 0. The quantitative estimate of drug-likeness (QED) is 0.684. The van der Waals surface area contributed by atoms with E-state index in [4.69, 9.17) is 0 Å². The molecule has 0 aromatic carbocycles. The van der Waals surface area contributed by atoms with E-state index in [1.165, 1.54) is 0 Å². The Morgan fingerprint density at radius 2 is 2.21 bits per heavy atom. The van der Waals surface area contributed by atoms with Crippen LogP contribution in [0.2, 0.25) is 0 Å². The Bertz CT molecular complexity index is 326. The van der Waals surface area contributed by atoms with E-state index in [9.17, 15) is 9.59 Å². The topological polar surface area (TPSA) is 78.6 Å². The molecule has 2 aromatic heterocycles. The van der Waals surface area contributed by atoms with Crippen LogP contribution >= 0.6 is 0 Å². The smallest absolute Gasteiger partial charge is 0.235 e. The highest BCUT2D eigenvalue weighted by Crippen LogP contribution is 1.87. The molecule has 2 aromatic rings. The van der Waals surface area contributed by atoms with E-state index in [0.717, 1.165) is 0 Å². The Balaban J connectivity index is 0.000000140. The molecular formula is C9H8N3O2. The zero-order valence-electron chi connectivity index (χ0n) is 7.23. The van der Waals surface area contributed by atoms with Gasteiger partial charge in [-0.25, -0.2) is 0 Å². The van der Waals surface area contributed by atoms with Gasteiger partial charge in [-0.05, 0) is 12.1 Å². The molecule has 71 valence electrons. The van der Waals surface area contributed by atoms with E-state index in [1.807, 2.05) is 0 Å². The molecule has 5 heteroatoms. The van der Waals surface area contributed by atoms with Crippen LogP contribution in [0.5, 0.6) is 0 Å². The lowest BCUT2D eigenvalue weighted by Crippen LogP contribution is -1.75. The summed E-state index contributed by atoms with van der Waals surface area (Å²) < 4.78 is 0. The molecule has 0 unspecified atom stereocenters. The zero-order valence-corrected chi connectivity index (χ0v) is 7.23. The van der Waals surface area contributed by atoms with E-state index in [0.29, 0.717) is 17.5 Å². The molecule has 1 radical (unpaired) electrons. The Kier molecular flexibility index (Phi) is 3.87. The fourth-order valence-corrected chi connectivity index (χ4v) is 0.725. The number of aromatic nitrogens is 3. The predicted molar refractivity (Wildman–Crippen MR) is 49.6 cm³/mol. The van der Waals surface area contributed by atoms with Gasteiger partial charge in [-0.2, -0.15) is 5.10 Å². The van der Waals surface area contributed by atoms with Crippen molar-refractivity contribution in [2.45, 2.75) is 0 Å². The van der Waals surface area contributed by atoms with Crippen LogP contribution in [0.4, 0.5) is 0 Å². The van der Waals surface area contributed by atoms with Gasteiger partial charge in [0.25, 0.3) is 0 Å². The molecule has 2 rings (SSSR count). The fourth-order valence-electron chi connectivity index (χ4n) is 0.725. The lowest BCUT2D eigenvalue weighted by molar-refractivity contribution is 0.111. The Labute approximate surface area is 80.2 Å². The first-order valence-electron chi connectivity index (χ1n) is 3.82. The van der Waals surface area contributed by atoms with Gasteiger partial charge in [0.05, 0.1) is 0 Å². The summed E-state index contributed by atoms with van der Waals surface area (Å²) in [5, 5.41) is 6.04. The summed E-state index contributed by atoms with van der Waals surface area (Å²) in [4.78, 5) is 22.2. The maximum absolute atomic E-state index is 9.79. The highest BCUT2D eigenvalue weighted by Gasteiger charge is 1.84. The average Bonchev–Trinajstić information content (AvgIpc) is 2.92. The number of aromatic amines is 2. The summed E-state index contributed by atoms with van der Waals surface area (Å²) in [5.74, 6) is 0. The minimum Gasteiger partial charge on any atom is -0.367 e. The van der Waals surface area contributed by atoms with Crippen molar-refractivity contribution in [3.63, 3.8) is 0 Å². The monoisotopic (exact) mass is 190 g/mol. The number of carbonyl (C=O) groups excluding carboxylic acids is 2. The second kappa shape index (κ2) is 5.47. The second-order valence-corrected chi connectivity index (χ2v) is 2.32. The van der Waals surface area contributed by atoms with Crippen molar-refractivity contribution < 1.29 is 9.59 Å². The molecule has 2 N–H and O–H groups in total. The van der Waals surface area contributed by atoms with Crippen molar-refractivity contribution in [1.82, 2.24) is 15.2 Å². The Morgan fingerprint density at radius 3 is 2.50 bits per heavy atom. The van der Waals surface area contributed by atoms with Crippen LogP contribution in [-0.2, 0) is 4.79 Å². The maximum Gasteiger partial charge on any atom is 0.235 e. The van der Waals surface area contributed by atoms with E-state index in [2.05, 4.69) is 15.2 Å². The van der Waals surface area contributed by atoms with E-state index < -0.39 is 0 Å². The summed E-state index contributed by atoms with van der Waals surface area (Å²) in [5.41, 5.74) is 1.01. The van der Waals surface area contributed by atoms with E-state index >= 15 is 0 Å². The van der Waals surface area contributed by atoms with Crippen LogP contribution in [0.25, 0.3) is 0 Å². The van der Waals surface area contributed by atoms with Crippen molar-refractivity contribution >= 4 is 12.6 Å². The van der Waals surface area contributed by atoms with Gasteiger partial charge >= 0.3 is 0 Å². The van der Waals surface area contributed by atoms with Crippen molar-refractivity contribution in [2.24, 2.45) is 0 Å². The number of rotatable bonds is 2. The minimum absolute atomic E-state index is 0.444. The van der Waals surface area contributed by atoms with Crippen LogP contribution < -0.4 is 0 Å². The van der Waals surface area contributed by atoms with Crippen LogP contribution in [0.1, 0.15) is 16.1 Å². The maximum atomic E-state index is 9.79. The molecule has 0 saturated heterocycles. The minimum atomic E-state index is 0.444. The summed E-state index contributed by atoms with van der Waals surface area (Å²) >= 11 is 0. The number of hydrogen-bond donors (Lipinski definition) is 2. The molecule has 0 fully saturated rings. The molecule has 0 saturated carbocycles. The normalized spacial score (nSPS) is 8.57. The molecular weight excluding hydrogens is 182 g/mol. The van der Waals surface area contributed by atoms with Gasteiger partial charge in [-0.15, -0.1) is 0 Å². The molecule has 14 heavy (non-hydrogen) atoms. The Morgan fingerprint density at radius 1 is 1.36 bits per heavy atom. The van der Waals surface area contributed by atoms with Gasteiger partial charge in [0.2, 0.25) is 6.29 Å². The number of nitrogens with one attached hydrogen (secondary N) is 2. The largest absolute Gasteiger partial charge is 0.367 e. The van der Waals surface area contributed by atoms with Crippen molar-refractivity contribution in [1.29, 1.82) is 0 Å². The standard InChI is InChI=1S/C5H4NO.C4H4N2O/c7-4-5-1-2-6-3-5;7-3-4-1-2-5-6-4/h1-3,6H;1-3H,(H,5,6). The van der Waals surface area contributed by atoms with E-state index in [1.54, 1.807) is 37.0 Å². The first kappa shape index (κ1) is 9.91. The van der Waals surface area contributed by atoms with Crippen LogP contribution in [0, 0.1) is 0 Å². The SMILES string of the molecule is O=Cc1cc[nH]n1.O=[C]c1cc[nH]c1. The van der Waals surface area contributed by atoms with Crippen molar-refractivity contribution in [3.05, 3.63) is 42.0 Å². The first-order valence-corrected chi connectivity index (χ1v) is 3.82. The fraction of sp³-hybridized carbons (Fsp3) is 0. The van der Waals surface area contributed by atoms with Gasteiger partial charge in [0, 0.05) is 24.2 Å². The van der Waals surface area contributed by atoms with Gasteiger partial charge < -0.3 is 4.98 Å². The first-order chi connectivity index (χ1) is 6.86. The van der Waals surface area contributed by atoms with E-state index in [-0.39, 0.29) is 0 Å². The third-order valence-electron chi connectivity index (χ3n) is 1.36. The number of carbonyl (C=O) groups is 1. The molecule has 0 bridgehead atoms. The van der Waals surface area contributed by atoms with Gasteiger partial charge in [-0.1, -0.05) is 0 Å². The highest BCUT2D eigenvalue weighted by atomic mass is 16.1. The molecule has 0 spiro atoms. The van der Waals surface area contributed by atoms with Gasteiger partial charge in [-0.3, -0.25) is 14.7 Å².